The summed E-state index contributed by atoms with van der Waals surface area (Å²) in [6.45, 7) is 4.25. The third-order valence-electron chi connectivity index (χ3n) is 6.30. The van der Waals surface area contributed by atoms with E-state index < -0.39 is 0 Å². The van der Waals surface area contributed by atoms with Gasteiger partial charge in [0.1, 0.15) is 0 Å². The van der Waals surface area contributed by atoms with E-state index in [2.05, 4.69) is 53.2 Å². The summed E-state index contributed by atoms with van der Waals surface area (Å²) < 4.78 is 0. The molecule has 2 aromatic rings. The highest BCUT2D eigenvalue weighted by Crippen LogP contribution is 2.31. The van der Waals surface area contributed by atoms with Gasteiger partial charge in [-0.25, -0.2) is 0 Å². The predicted molar refractivity (Wildman–Crippen MR) is 120 cm³/mol. The highest BCUT2D eigenvalue weighted by Gasteiger charge is 2.22. The molecule has 0 unspecified atom stereocenters. The van der Waals surface area contributed by atoms with Crippen LogP contribution in [0.2, 0.25) is 0 Å². The Hall–Kier alpha value is -2.64. The Bertz CT molecular complexity index is 903. The minimum atomic E-state index is 0.817. The lowest BCUT2D eigenvalue weighted by Gasteiger charge is -2.34. The highest BCUT2D eigenvalue weighted by atomic mass is 15.2. The molecule has 2 aromatic carbocycles. The zero-order chi connectivity index (χ0) is 20.1. The second kappa shape index (κ2) is 9.24. The topological polar surface area (TPSA) is 42.6 Å². The summed E-state index contributed by atoms with van der Waals surface area (Å²) >= 11 is 0. The Morgan fingerprint density at radius 3 is 2.66 bits per heavy atom. The number of fused-ring (bicyclic) bond motifs is 1. The van der Waals surface area contributed by atoms with Crippen molar-refractivity contribution in [2.24, 2.45) is 10.9 Å². The molecule has 0 radical (unpaired) electrons. The van der Waals surface area contributed by atoms with Gasteiger partial charge < -0.3 is 4.90 Å². The summed E-state index contributed by atoms with van der Waals surface area (Å²) in [7, 11) is 2.16. The largest absolute Gasteiger partial charge is 0.367 e. The quantitative estimate of drug-likeness (QED) is 0.715. The number of likely N-dealkylation sites (tertiary alicyclic amines) is 1. The van der Waals surface area contributed by atoms with Gasteiger partial charge in [-0.15, -0.1) is 0 Å². The molecule has 0 bridgehead atoms. The lowest BCUT2D eigenvalue weighted by Crippen LogP contribution is -2.41. The van der Waals surface area contributed by atoms with E-state index in [1.54, 1.807) is 0 Å². The third kappa shape index (κ3) is 4.86. The first-order valence-electron chi connectivity index (χ1n) is 10.8. The van der Waals surface area contributed by atoms with E-state index in [-0.39, 0.29) is 0 Å². The first-order valence-corrected chi connectivity index (χ1v) is 10.8. The first kappa shape index (κ1) is 19.7. The van der Waals surface area contributed by atoms with Gasteiger partial charge in [-0.2, -0.15) is 5.26 Å². The molecule has 0 aromatic heterocycles. The number of rotatable bonds is 6. The summed E-state index contributed by atoms with van der Waals surface area (Å²) in [5, 5.41) is 9.23. The third-order valence-corrected chi connectivity index (χ3v) is 6.30. The molecule has 4 nitrogen and oxygen atoms in total. The van der Waals surface area contributed by atoms with Crippen LogP contribution in [0, 0.1) is 17.2 Å². The zero-order valence-corrected chi connectivity index (χ0v) is 17.3. The molecule has 0 aliphatic carbocycles. The van der Waals surface area contributed by atoms with Gasteiger partial charge in [-0.3, -0.25) is 9.89 Å². The second-order valence-electron chi connectivity index (χ2n) is 8.40. The highest BCUT2D eigenvalue weighted by molar-refractivity contribution is 5.97. The molecule has 150 valence electrons. The number of nitriles is 1. The molecule has 2 aliphatic rings. The summed E-state index contributed by atoms with van der Waals surface area (Å²) in [4.78, 5) is 9.80. The Balaban J connectivity index is 1.23. The smallest absolute Gasteiger partial charge is 0.0994 e. The number of nitrogens with zero attached hydrogens (tertiary/aromatic N) is 4. The minimum Gasteiger partial charge on any atom is -0.367 e. The van der Waals surface area contributed by atoms with Gasteiger partial charge in [0, 0.05) is 13.6 Å². The van der Waals surface area contributed by atoms with Crippen molar-refractivity contribution in [3.63, 3.8) is 0 Å². The standard InChI is InChI=1S/C25H30N4/c1-28-18-23(27-24-11-4-5-12-25(24)28)19-29-15-13-20(14-16-29)7-6-10-21-8-2-3-9-22(21)17-26/h2-5,8-9,11-12,20H,6-7,10,13-16,18-19H2,1H3. The van der Waals surface area contributed by atoms with E-state index in [1.807, 2.05) is 18.2 Å². The van der Waals surface area contributed by atoms with Crippen molar-refractivity contribution in [2.45, 2.75) is 32.1 Å². The van der Waals surface area contributed by atoms with Crippen LogP contribution in [0.15, 0.2) is 53.5 Å². The number of para-hydroxylation sites is 2. The molecule has 4 heteroatoms. The van der Waals surface area contributed by atoms with Crippen LogP contribution in [-0.2, 0) is 6.42 Å². The van der Waals surface area contributed by atoms with Gasteiger partial charge in [0.25, 0.3) is 0 Å². The Morgan fingerprint density at radius 1 is 1.07 bits per heavy atom. The van der Waals surface area contributed by atoms with Crippen LogP contribution in [0.5, 0.6) is 0 Å². The maximum atomic E-state index is 9.23. The van der Waals surface area contributed by atoms with Crippen LogP contribution in [-0.4, -0.2) is 43.8 Å². The normalized spacial score (nSPS) is 17.5. The molecule has 0 spiro atoms. The lowest BCUT2D eigenvalue weighted by molar-refractivity contribution is 0.197. The van der Waals surface area contributed by atoms with E-state index in [9.17, 15) is 5.26 Å². The van der Waals surface area contributed by atoms with Crippen LogP contribution in [0.4, 0.5) is 11.4 Å². The van der Waals surface area contributed by atoms with Gasteiger partial charge in [0.15, 0.2) is 0 Å². The van der Waals surface area contributed by atoms with Crippen molar-refractivity contribution in [3.8, 4) is 6.07 Å². The Kier molecular flexibility index (Phi) is 6.27. The van der Waals surface area contributed by atoms with Gasteiger partial charge in [0.2, 0.25) is 0 Å². The number of piperidine rings is 1. The summed E-state index contributed by atoms with van der Waals surface area (Å²) in [5.74, 6) is 0.817. The number of hydrogen-bond donors (Lipinski definition) is 0. The van der Waals surface area contributed by atoms with Crippen molar-refractivity contribution in [1.29, 1.82) is 5.26 Å². The van der Waals surface area contributed by atoms with Crippen LogP contribution < -0.4 is 4.90 Å². The van der Waals surface area contributed by atoms with E-state index >= 15 is 0 Å². The molecule has 0 saturated carbocycles. The number of anilines is 1. The van der Waals surface area contributed by atoms with Gasteiger partial charge in [0.05, 0.1) is 35.3 Å². The van der Waals surface area contributed by atoms with Gasteiger partial charge >= 0.3 is 0 Å². The summed E-state index contributed by atoms with van der Waals surface area (Å²) in [6, 6.07) is 18.7. The van der Waals surface area contributed by atoms with E-state index in [0.29, 0.717) is 0 Å². The summed E-state index contributed by atoms with van der Waals surface area (Å²) in [6.07, 6.45) is 6.02. The van der Waals surface area contributed by atoms with Crippen molar-refractivity contribution < 1.29 is 0 Å². The number of benzene rings is 2. The van der Waals surface area contributed by atoms with Crippen molar-refractivity contribution in [3.05, 3.63) is 59.7 Å². The molecule has 1 fully saturated rings. The van der Waals surface area contributed by atoms with E-state index in [4.69, 9.17) is 4.99 Å². The van der Waals surface area contributed by atoms with Gasteiger partial charge in [-0.1, -0.05) is 36.8 Å². The van der Waals surface area contributed by atoms with E-state index in [1.165, 1.54) is 55.7 Å². The van der Waals surface area contributed by atoms with Crippen molar-refractivity contribution >= 4 is 17.1 Å². The first-order chi connectivity index (χ1) is 14.2. The van der Waals surface area contributed by atoms with Crippen molar-refractivity contribution in [2.75, 3.05) is 38.1 Å². The fraction of sp³-hybridized carbons (Fsp3) is 0.440. The molecule has 0 N–H and O–H groups in total. The molecule has 4 rings (SSSR count). The molecule has 2 heterocycles. The van der Waals surface area contributed by atoms with Crippen molar-refractivity contribution in [1.82, 2.24) is 4.90 Å². The van der Waals surface area contributed by atoms with E-state index in [0.717, 1.165) is 36.7 Å². The number of aliphatic imine (C=N–C) groups is 1. The zero-order valence-electron chi connectivity index (χ0n) is 17.3. The lowest BCUT2D eigenvalue weighted by atomic mass is 9.90. The SMILES string of the molecule is CN1CC(CN2CCC(CCCc3ccccc3C#N)CC2)=Nc2ccccc21. The monoisotopic (exact) mass is 386 g/mol. The van der Waals surface area contributed by atoms with Crippen LogP contribution >= 0.6 is 0 Å². The van der Waals surface area contributed by atoms with Crippen LogP contribution in [0.1, 0.15) is 36.8 Å². The van der Waals surface area contributed by atoms with Crippen LogP contribution in [0.25, 0.3) is 0 Å². The fourth-order valence-corrected chi connectivity index (χ4v) is 4.65. The molecule has 0 atom stereocenters. The summed E-state index contributed by atoms with van der Waals surface area (Å²) in [5.41, 5.74) is 5.64. The molecule has 0 amide bonds. The predicted octanol–water partition coefficient (Wildman–Crippen LogP) is 4.82. The molecule has 1 saturated heterocycles. The Morgan fingerprint density at radius 2 is 1.83 bits per heavy atom. The maximum absolute atomic E-state index is 9.23. The average Bonchev–Trinajstić information content (AvgIpc) is 2.75. The Labute approximate surface area is 174 Å². The second-order valence-corrected chi connectivity index (χ2v) is 8.40. The van der Waals surface area contributed by atoms with Gasteiger partial charge in [-0.05, 0) is 68.5 Å². The average molecular weight is 387 g/mol. The van der Waals surface area contributed by atoms with Crippen LogP contribution in [0.3, 0.4) is 0 Å². The molecule has 2 aliphatic heterocycles. The molecule has 29 heavy (non-hydrogen) atoms. The minimum absolute atomic E-state index is 0.817. The fourth-order valence-electron chi connectivity index (χ4n) is 4.65. The molecular weight excluding hydrogens is 356 g/mol. The number of hydrogen-bond acceptors (Lipinski definition) is 4. The maximum Gasteiger partial charge on any atom is 0.0994 e. The number of aryl methyl sites for hydroxylation is 1. The molecular formula is C25H30N4.